The molecule has 0 spiro atoms. The Morgan fingerprint density at radius 1 is 1.24 bits per heavy atom. The molecule has 3 aromatic rings. The van der Waals surface area contributed by atoms with Crippen LogP contribution in [0.1, 0.15) is 55.6 Å². The summed E-state index contributed by atoms with van der Waals surface area (Å²) in [5, 5.41) is 13.5. The second-order valence-electron chi connectivity index (χ2n) is 8.90. The molecule has 1 aliphatic heterocycles. The molecule has 2 aromatic carbocycles. The van der Waals surface area contributed by atoms with Crippen molar-refractivity contribution < 1.29 is 17.9 Å². The third-order valence-electron chi connectivity index (χ3n) is 6.92. The molecule has 34 heavy (non-hydrogen) atoms. The first-order valence-corrected chi connectivity index (χ1v) is 11.2. The van der Waals surface area contributed by atoms with Gasteiger partial charge in [-0.15, -0.1) is 5.10 Å². The van der Waals surface area contributed by atoms with E-state index in [0.717, 1.165) is 39.5 Å². The van der Waals surface area contributed by atoms with E-state index < -0.39 is 28.9 Å². The van der Waals surface area contributed by atoms with Gasteiger partial charge in [-0.05, 0) is 32.4 Å². The molecule has 2 atom stereocenters. The first-order chi connectivity index (χ1) is 16.0. The largest absolute Gasteiger partial charge is 0.367 e. The molecule has 1 aromatic heterocycles. The maximum absolute atomic E-state index is 15.0. The van der Waals surface area contributed by atoms with Crippen molar-refractivity contribution in [3.8, 4) is 0 Å². The van der Waals surface area contributed by atoms with Crippen molar-refractivity contribution >= 4 is 22.3 Å². The molecule has 0 saturated heterocycles. The molecule has 0 aliphatic carbocycles. The van der Waals surface area contributed by atoms with Crippen molar-refractivity contribution in [2.24, 2.45) is 0 Å². The molecule has 1 N–H and O–H groups in total. The van der Waals surface area contributed by atoms with Gasteiger partial charge in [0, 0.05) is 54.4 Å². The Labute approximate surface area is 197 Å². The van der Waals surface area contributed by atoms with Gasteiger partial charge >= 0.3 is 0 Å². The summed E-state index contributed by atoms with van der Waals surface area (Å²) in [4.78, 5) is 2.00. The molecule has 5 nitrogen and oxygen atoms in total. The summed E-state index contributed by atoms with van der Waals surface area (Å²) in [5.74, 6) is -3.77. The molecule has 1 aliphatic rings. The van der Waals surface area contributed by atoms with Gasteiger partial charge < -0.3 is 15.0 Å². The second-order valence-corrected chi connectivity index (χ2v) is 8.90. The van der Waals surface area contributed by atoms with Gasteiger partial charge in [0.2, 0.25) is 0 Å². The Bertz CT molecular complexity index is 1280. The molecule has 8 heteroatoms. The number of hydrogen-bond donors (Lipinski definition) is 1. The van der Waals surface area contributed by atoms with Crippen LogP contribution in [0.4, 0.5) is 24.7 Å². The lowest BCUT2D eigenvalue weighted by atomic mass is 9.89. The van der Waals surface area contributed by atoms with E-state index in [1.165, 1.54) is 12.1 Å². The van der Waals surface area contributed by atoms with Crippen LogP contribution in [0.2, 0.25) is 0 Å². The normalized spacial score (nSPS) is 19.0. The van der Waals surface area contributed by atoms with Gasteiger partial charge in [0.15, 0.2) is 5.82 Å². The van der Waals surface area contributed by atoms with E-state index in [0.29, 0.717) is 19.2 Å². The maximum atomic E-state index is 15.0. The number of fused-ring (bicyclic) bond motifs is 2. The number of hydrogen-bond acceptors (Lipinski definition) is 5. The highest BCUT2D eigenvalue weighted by Crippen LogP contribution is 2.51. The average molecular weight is 471 g/mol. The summed E-state index contributed by atoms with van der Waals surface area (Å²) < 4.78 is 48.6. The topological polar surface area (TPSA) is 50.3 Å². The summed E-state index contributed by atoms with van der Waals surface area (Å²) in [6.45, 7) is 10.6. The summed E-state index contributed by atoms with van der Waals surface area (Å²) in [6.07, 6.45) is 0.711. The predicted octanol–water partition coefficient (Wildman–Crippen LogP) is 6.58. The average Bonchev–Trinajstić information content (AvgIpc) is 3.00. The van der Waals surface area contributed by atoms with Crippen molar-refractivity contribution in [2.75, 3.05) is 24.4 Å². The van der Waals surface area contributed by atoms with E-state index in [4.69, 9.17) is 4.74 Å². The van der Waals surface area contributed by atoms with Gasteiger partial charge in [-0.3, -0.25) is 0 Å². The minimum Gasteiger partial charge on any atom is -0.367 e. The van der Waals surface area contributed by atoms with Gasteiger partial charge in [-0.2, -0.15) is 5.10 Å². The second kappa shape index (κ2) is 8.27. The monoisotopic (exact) mass is 470 g/mol. The number of halogens is 3. The lowest BCUT2D eigenvalue weighted by Crippen LogP contribution is -2.30. The van der Waals surface area contributed by atoms with Crippen LogP contribution in [0.15, 0.2) is 42.6 Å². The first kappa shape index (κ1) is 24.0. The van der Waals surface area contributed by atoms with Crippen LogP contribution in [0.5, 0.6) is 0 Å². The highest BCUT2D eigenvalue weighted by Gasteiger charge is 2.44. The number of aromatic nitrogens is 2. The molecule has 0 amide bonds. The third kappa shape index (κ3) is 3.52. The lowest BCUT2D eigenvalue weighted by Gasteiger charge is -2.29. The molecule has 0 saturated carbocycles. The number of likely N-dealkylation sites (N-methyl/N-ethyl adjacent to an activating group) is 1. The third-order valence-corrected chi connectivity index (χ3v) is 6.92. The minimum atomic E-state index is -3.28. The van der Waals surface area contributed by atoms with Crippen LogP contribution in [-0.4, -0.2) is 24.4 Å². The highest BCUT2D eigenvalue weighted by atomic mass is 19.3. The zero-order chi connectivity index (χ0) is 25.0. The predicted molar refractivity (Wildman–Crippen MR) is 129 cm³/mol. The summed E-state index contributed by atoms with van der Waals surface area (Å²) in [6, 6.07) is 7.45. The summed E-state index contributed by atoms with van der Waals surface area (Å²) in [7, 11) is 3.61. The standard InChI is InChI=1S/C26H29F3N4O/c1-8-26(34-7)16(4)33(6)22-13-19-18(12-21(22)26)15(3)31-32-24(19)30-14(2)17-10-9-11-20(23(17)27)25(5,28)29/h9-14H,4,8H2,1-3,5-7H3,(H,30,32). The Kier molecular flexibility index (Phi) is 5.84. The highest BCUT2D eigenvalue weighted by molar-refractivity contribution is 5.98. The smallest absolute Gasteiger partial charge is 0.273 e. The Balaban J connectivity index is 1.82. The number of nitrogens with zero attached hydrogens (tertiary/aromatic N) is 3. The van der Waals surface area contributed by atoms with E-state index in [2.05, 4.69) is 29.0 Å². The molecule has 2 heterocycles. The summed E-state index contributed by atoms with van der Waals surface area (Å²) >= 11 is 0. The Hall–Kier alpha value is -3.13. The first-order valence-electron chi connectivity index (χ1n) is 11.2. The summed E-state index contributed by atoms with van der Waals surface area (Å²) in [5.41, 5.74) is 2.36. The minimum absolute atomic E-state index is 0.130. The van der Waals surface area contributed by atoms with Gasteiger partial charge in [0.05, 0.1) is 17.3 Å². The van der Waals surface area contributed by atoms with Crippen LogP contribution in [0.3, 0.4) is 0 Å². The SMILES string of the molecule is C=C1N(C)c2cc3c(NC(C)c4cccc(C(C)(F)F)c4F)nnc(C)c3cc2C1(CC)OC. The van der Waals surface area contributed by atoms with Crippen molar-refractivity contribution in [2.45, 2.75) is 51.7 Å². The number of aryl methyl sites for hydroxylation is 1. The molecule has 0 fully saturated rings. The molecule has 4 rings (SSSR count). The Morgan fingerprint density at radius 3 is 2.56 bits per heavy atom. The number of alkyl halides is 2. The van der Waals surface area contributed by atoms with Crippen LogP contribution < -0.4 is 10.2 Å². The molecule has 2 unspecified atom stereocenters. The van der Waals surface area contributed by atoms with Crippen LogP contribution >= 0.6 is 0 Å². The molecular formula is C26H29F3N4O. The maximum Gasteiger partial charge on any atom is 0.273 e. The lowest BCUT2D eigenvalue weighted by molar-refractivity contribution is 0.0135. The molecule has 180 valence electrons. The van der Waals surface area contributed by atoms with E-state index in [1.54, 1.807) is 14.0 Å². The van der Waals surface area contributed by atoms with Crippen molar-refractivity contribution in [3.05, 3.63) is 70.8 Å². The number of anilines is 2. The van der Waals surface area contributed by atoms with Crippen molar-refractivity contribution in [3.63, 3.8) is 0 Å². The fourth-order valence-electron chi connectivity index (χ4n) is 4.87. The fraction of sp³-hybridized carbons (Fsp3) is 0.385. The van der Waals surface area contributed by atoms with Gasteiger partial charge in [0.1, 0.15) is 11.4 Å². The van der Waals surface area contributed by atoms with E-state index >= 15 is 0 Å². The Morgan fingerprint density at radius 2 is 1.94 bits per heavy atom. The molecule has 0 bridgehead atoms. The quantitative estimate of drug-likeness (QED) is 0.441. The van der Waals surface area contributed by atoms with Crippen molar-refractivity contribution in [1.29, 1.82) is 0 Å². The zero-order valence-corrected chi connectivity index (χ0v) is 20.3. The van der Waals surface area contributed by atoms with E-state index in [-0.39, 0.29) is 5.56 Å². The van der Waals surface area contributed by atoms with E-state index in [1.807, 2.05) is 31.0 Å². The fourth-order valence-corrected chi connectivity index (χ4v) is 4.87. The zero-order valence-electron chi connectivity index (χ0n) is 20.3. The number of rotatable bonds is 6. The molecule has 0 radical (unpaired) electrons. The van der Waals surface area contributed by atoms with Crippen LogP contribution in [0.25, 0.3) is 10.8 Å². The van der Waals surface area contributed by atoms with Gasteiger partial charge in [-0.25, -0.2) is 13.2 Å². The van der Waals surface area contributed by atoms with Crippen LogP contribution in [0, 0.1) is 12.7 Å². The van der Waals surface area contributed by atoms with E-state index in [9.17, 15) is 13.2 Å². The number of nitrogens with one attached hydrogen (secondary N) is 1. The van der Waals surface area contributed by atoms with Gasteiger partial charge in [0.25, 0.3) is 5.92 Å². The van der Waals surface area contributed by atoms with Crippen molar-refractivity contribution in [1.82, 2.24) is 10.2 Å². The number of ether oxygens (including phenoxy) is 1. The van der Waals surface area contributed by atoms with Gasteiger partial charge in [-0.1, -0.05) is 31.7 Å². The number of methoxy groups -OCH3 is 1. The number of benzene rings is 2. The molecular weight excluding hydrogens is 441 g/mol. The van der Waals surface area contributed by atoms with Crippen LogP contribution in [-0.2, 0) is 16.3 Å².